The number of anilines is 1. The predicted molar refractivity (Wildman–Crippen MR) is 89.4 cm³/mol. The van der Waals surface area contributed by atoms with Crippen LogP contribution in [-0.4, -0.2) is 46.5 Å². The Morgan fingerprint density at radius 1 is 1.04 bits per heavy atom. The normalized spacial score (nSPS) is 14.9. The molecule has 3 aromatic heterocycles. The fraction of sp³-hybridized carbons (Fsp3) is 0.250. The molecule has 0 radical (unpaired) electrons. The van der Waals surface area contributed by atoms with Crippen LogP contribution >= 0.6 is 11.3 Å². The van der Waals surface area contributed by atoms with Gasteiger partial charge in [0.1, 0.15) is 5.69 Å². The van der Waals surface area contributed by atoms with Gasteiger partial charge >= 0.3 is 0 Å². The Hall–Kier alpha value is -2.38. The molecule has 4 heterocycles. The second kappa shape index (κ2) is 6.39. The molecule has 7 heteroatoms. The van der Waals surface area contributed by atoms with Crippen molar-refractivity contribution in [3.8, 4) is 22.0 Å². The Kier molecular flexibility index (Phi) is 3.95. The zero-order valence-electron chi connectivity index (χ0n) is 12.4. The first-order valence-electron chi connectivity index (χ1n) is 7.43. The Morgan fingerprint density at radius 3 is 2.61 bits per heavy atom. The molecule has 1 aliphatic rings. The topological polar surface area (TPSA) is 64.0 Å². The highest BCUT2D eigenvalue weighted by Crippen LogP contribution is 2.30. The van der Waals surface area contributed by atoms with Crippen molar-refractivity contribution in [1.82, 2.24) is 20.2 Å². The first-order valence-corrected chi connectivity index (χ1v) is 8.31. The van der Waals surface area contributed by atoms with Gasteiger partial charge in [-0.25, -0.2) is 4.98 Å². The van der Waals surface area contributed by atoms with Gasteiger partial charge in [0.2, 0.25) is 0 Å². The third kappa shape index (κ3) is 2.93. The molecule has 1 saturated heterocycles. The van der Waals surface area contributed by atoms with Gasteiger partial charge in [-0.15, -0.1) is 21.5 Å². The molecule has 6 nitrogen and oxygen atoms in total. The van der Waals surface area contributed by atoms with Gasteiger partial charge in [-0.2, -0.15) is 0 Å². The zero-order chi connectivity index (χ0) is 15.5. The monoisotopic (exact) mass is 325 g/mol. The first kappa shape index (κ1) is 14.2. The number of rotatable bonds is 3. The van der Waals surface area contributed by atoms with Crippen molar-refractivity contribution >= 4 is 17.2 Å². The van der Waals surface area contributed by atoms with E-state index in [1.807, 2.05) is 29.6 Å². The summed E-state index contributed by atoms with van der Waals surface area (Å²) in [6, 6.07) is 7.87. The van der Waals surface area contributed by atoms with Crippen molar-refractivity contribution in [1.29, 1.82) is 0 Å². The van der Waals surface area contributed by atoms with E-state index >= 15 is 0 Å². The van der Waals surface area contributed by atoms with E-state index in [0.29, 0.717) is 19.0 Å². The molecule has 0 N–H and O–H groups in total. The number of morpholine rings is 1. The number of nitrogens with zero attached hydrogens (tertiary/aromatic N) is 5. The minimum atomic E-state index is 0.666. The van der Waals surface area contributed by atoms with Crippen molar-refractivity contribution < 1.29 is 4.74 Å². The number of ether oxygens (including phenoxy) is 1. The minimum Gasteiger partial charge on any atom is -0.378 e. The number of thiophene rings is 1. The summed E-state index contributed by atoms with van der Waals surface area (Å²) in [6.07, 6.45) is 3.51. The van der Waals surface area contributed by atoms with E-state index in [9.17, 15) is 0 Å². The quantitative estimate of drug-likeness (QED) is 0.737. The van der Waals surface area contributed by atoms with Crippen molar-refractivity contribution in [3.63, 3.8) is 0 Å². The lowest BCUT2D eigenvalue weighted by Crippen LogP contribution is -2.37. The molecular weight excluding hydrogens is 310 g/mol. The fourth-order valence-corrected chi connectivity index (χ4v) is 3.17. The lowest BCUT2D eigenvalue weighted by molar-refractivity contribution is 0.122. The average molecular weight is 325 g/mol. The van der Waals surface area contributed by atoms with Gasteiger partial charge in [0.15, 0.2) is 11.6 Å². The van der Waals surface area contributed by atoms with Gasteiger partial charge in [0.05, 0.1) is 18.1 Å². The highest BCUT2D eigenvalue weighted by atomic mass is 32.1. The molecule has 0 bridgehead atoms. The summed E-state index contributed by atoms with van der Waals surface area (Å²) < 4.78 is 5.46. The standard InChI is InChI=1S/C16H15N5OS/c1-2-13(23-11-1)15-18-16(21-7-9-22-10-8-21)14(19-20-15)12-3-5-17-6-4-12/h1-6,11H,7-10H2. The van der Waals surface area contributed by atoms with E-state index in [1.165, 1.54) is 0 Å². The van der Waals surface area contributed by atoms with Crippen molar-refractivity contribution in [2.24, 2.45) is 0 Å². The van der Waals surface area contributed by atoms with Gasteiger partial charge < -0.3 is 9.64 Å². The predicted octanol–water partition coefficient (Wildman–Crippen LogP) is 2.50. The van der Waals surface area contributed by atoms with E-state index < -0.39 is 0 Å². The van der Waals surface area contributed by atoms with Crippen LogP contribution in [-0.2, 0) is 4.74 Å². The molecule has 4 rings (SSSR count). The summed E-state index contributed by atoms with van der Waals surface area (Å²) in [5.41, 5.74) is 1.76. The highest BCUT2D eigenvalue weighted by Gasteiger charge is 2.20. The molecule has 0 aliphatic carbocycles. The van der Waals surface area contributed by atoms with Crippen LogP contribution < -0.4 is 4.90 Å². The average Bonchev–Trinajstić information content (AvgIpc) is 3.17. The second-order valence-electron chi connectivity index (χ2n) is 5.12. The molecule has 23 heavy (non-hydrogen) atoms. The van der Waals surface area contributed by atoms with Gasteiger partial charge in [-0.1, -0.05) is 6.07 Å². The molecule has 1 aliphatic heterocycles. The van der Waals surface area contributed by atoms with Gasteiger partial charge in [-0.3, -0.25) is 4.98 Å². The number of hydrogen-bond acceptors (Lipinski definition) is 7. The Labute approximate surface area is 137 Å². The van der Waals surface area contributed by atoms with E-state index in [-0.39, 0.29) is 0 Å². The summed E-state index contributed by atoms with van der Waals surface area (Å²) in [5, 5.41) is 10.8. The fourth-order valence-electron chi connectivity index (χ4n) is 2.52. The van der Waals surface area contributed by atoms with Crippen molar-refractivity contribution in [2.75, 3.05) is 31.2 Å². The van der Waals surface area contributed by atoms with E-state index in [1.54, 1.807) is 23.7 Å². The molecular formula is C16H15N5OS. The molecule has 0 spiro atoms. The number of hydrogen-bond donors (Lipinski definition) is 0. The maximum absolute atomic E-state index is 5.46. The van der Waals surface area contributed by atoms with Crippen molar-refractivity contribution in [3.05, 3.63) is 42.0 Å². The molecule has 116 valence electrons. The summed E-state index contributed by atoms with van der Waals surface area (Å²) in [7, 11) is 0. The van der Waals surface area contributed by atoms with E-state index in [2.05, 4.69) is 20.1 Å². The minimum absolute atomic E-state index is 0.666. The maximum Gasteiger partial charge on any atom is 0.193 e. The maximum atomic E-state index is 5.46. The SMILES string of the molecule is c1csc(-c2nnc(-c3ccncc3)c(N3CCOCC3)n2)c1. The zero-order valence-corrected chi connectivity index (χ0v) is 13.2. The first-order chi connectivity index (χ1) is 11.4. The van der Waals surface area contributed by atoms with Gasteiger partial charge in [-0.05, 0) is 23.6 Å². The van der Waals surface area contributed by atoms with Crippen LogP contribution in [0.15, 0.2) is 42.0 Å². The number of pyridine rings is 1. The lowest BCUT2D eigenvalue weighted by Gasteiger charge is -2.29. The summed E-state index contributed by atoms with van der Waals surface area (Å²) >= 11 is 1.61. The molecule has 0 aromatic carbocycles. The highest BCUT2D eigenvalue weighted by molar-refractivity contribution is 7.13. The van der Waals surface area contributed by atoms with Crippen LogP contribution in [0.4, 0.5) is 5.82 Å². The van der Waals surface area contributed by atoms with Gasteiger partial charge in [0.25, 0.3) is 0 Å². The van der Waals surface area contributed by atoms with Crippen LogP contribution in [0.2, 0.25) is 0 Å². The van der Waals surface area contributed by atoms with Crippen LogP contribution in [0.1, 0.15) is 0 Å². The molecule has 0 saturated carbocycles. The largest absolute Gasteiger partial charge is 0.378 e. The third-order valence-electron chi connectivity index (χ3n) is 3.67. The van der Waals surface area contributed by atoms with Crippen molar-refractivity contribution in [2.45, 2.75) is 0 Å². The summed E-state index contributed by atoms with van der Waals surface area (Å²) in [4.78, 5) is 12.1. The summed E-state index contributed by atoms with van der Waals surface area (Å²) in [6.45, 7) is 3.02. The Balaban J connectivity index is 1.81. The van der Waals surface area contributed by atoms with E-state index in [0.717, 1.165) is 35.0 Å². The molecule has 0 atom stereocenters. The lowest BCUT2D eigenvalue weighted by atomic mass is 10.2. The third-order valence-corrected chi connectivity index (χ3v) is 4.54. The van der Waals surface area contributed by atoms with Crippen LogP contribution in [0.3, 0.4) is 0 Å². The van der Waals surface area contributed by atoms with Gasteiger partial charge in [0, 0.05) is 31.0 Å². The molecule has 0 amide bonds. The molecule has 3 aromatic rings. The number of aromatic nitrogens is 4. The smallest absolute Gasteiger partial charge is 0.193 e. The Morgan fingerprint density at radius 2 is 1.87 bits per heavy atom. The molecule has 1 fully saturated rings. The molecule has 0 unspecified atom stereocenters. The Bertz CT molecular complexity index is 772. The van der Waals surface area contributed by atoms with E-state index in [4.69, 9.17) is 9.72 Å². The van der Waals surface area contributed by atoms with Crippen LogP contribution in [0, 0.1) is 0 Å². The summed E-state index contributed by atoms with van der Waals surface area (Å²) in [5.74, 6) is 1.53. The van der Waals surface area contributed by atoms with Crippen LogP contribution in [0.5, 0.6) is 0 Å². The second-order valence-corrected chi connectivity index (χ2v) is 6.07. The van der Waals surface area contributed by atoms with Crippen LogP contribution in [0.25, 0.3) is 22.0 Å².